The first-order chi connectivity index (χ1) is 15.4. The molecule has 0 saturated carbocycles. The minimum atomic E-state index is -0.595. The van der Waals surface area contributed by atoms with Crippen molar-refractivity contribution in [2.45, 2.75) is 13.0 Å². The molecule has 2 atom stereocenters. The number of furan rings is 1. The third-order valence-electron chi connectivity index (χ3n) is 4.52. The van der Waals surface area contributed by atoms with Crippen LogP contribution in [0.5, 0.6) is 0 Å². The van der Waals surface area contributed by atoms with Crippen LogP contribution in [0.15, 0.2) is 75.0 Å². The van der Waals surface area contributed by atoms with Gasteiger partial charge in [-0.05, 0) is 19.1 Å². The Morgan fingerprint density at radius 3 is 2.78 bits per heavy atom. The number of carbonyl (C=O) groups excluding carboxylic acids is 1. The molecular formula is C20H18ClN8O2S+. The normalized spacial score (nSPS) is 19.5. The summed E-state index contributed by atoms with van der Waals surface area (Å²) >= 11 is 7.51. The maximum Gasteiger partial charge on any atom is 0.327 e. The van der Waals surface area contributed by atoms with Gasteiger partial charge in [-0.1, -0.05) is 37.6 Å². The summed E-state index contributed by atoms with van der Waals surface area (Å²) in [5.74, 6) is 0.108. The van der Waals surface area contributed by atoms with Gasteiger partial charge in [-0.2, -0.15) is 0 Å². The number of rotatable bonds is 4. The van der Waals surface area contributed by atoms with Crippen molar-refractivity contribution in [2.24, 2.45) is 26.8 Å². The number of hydrogen-bond acceptors (Lipinski definition) is 9. The molecular weight excluding hydrogens is 452 g/mol. The fraction of sp³-hybridized carbons (Fsp3) is 0.100. The van der Waals surface area contributed by atoms with E-state index in [0.29, 0.717) is 16.6 Å². The van der Waals surface area contributed by atoms with Gasteiger partial charge < -0.3 is 15.9 Å². The summed E-state index contributed by atoms with van der Waals surface area (Å²) in [7, 11) is 0. The number of thioether (sulfide) groups is 1. The number of hydrogen-bond donors (Lipinski definition) is 2. The maximum atomic E-state index is 10.8. The molecule has 32 heavy (non-hydrogen) atoms. The van der Waals surface area contributed by atoms with Crippen LogP contribution >= 0.6 is 23.4 Å². The minimum Gasteiger partial charge on any atom is -0.472 e. The van der Waals surface area contributed by atoms with E-state index in [1.165, 1.54) is 36.7 Å². The van der Waals surface area contributed by atoms with Gasteiger partial charge in [-0.3, -0.25) is 9.78 Å². The highest BCUT2D eigenvalue weighted by Crippen LogP contribution is 2.38. The van der Waals surface area contributed by atoms with Crippen molar-refractivity contribution >= 4 is 51.5 Å². The van der Waals surface area contributed by atoms with E-state index in [1.807, 2.05) is 31.2 Å². The first kappa shape index (κ1) is 21.8. The van der Waals surface area contributed by atoms with Crippen LogP contribution in [0.2, 0.25) is 5.02 Å². The highest BCUT2D eigenvalue weighted by atomic mass is 35.5. The van der Waals surface area contributed by atoms with Crippen molar-refractivity contribution in [3.63, 3.8) is 0 Å². The molecule has 2 aromatic heterocycles. The van der Waals surface area contributed by atoms with Crippen LogP contribution in [0.1, 0.15) is 17.4 Å². The highest BCUT2D eigenvalue weighted by Gasteiger charge is 2.52. The lowest BCUT2D eigenvalue weighted by Crippen LogP contribution is -2.54. The van der Waals surface area contributed by atoms with Gasteiger partial charge in [-0.25, -0.2) is 4.98 Å². The summed E-state index contributed by atoms with van der Waals surface area (Å²) in [4.78, 5) is 18.7. The average molecular weight is 470 g/mol. The van der Waals surface area contributed by atoms with E-state index in [-0.39, 0.29) is 16.3 Å². The van der Waals surface area contributed by atoms with Crippen LogP contribution in [-0.2, 0) is 0 Å². The lowest BCUT2D eigenvalue weighted by molar-refractivity contribution is 0.0995. The number of halogens is 1. The Labute approximate surface area is 192 Å². The second-order valence-corrected chi connectivity index (χ2v) is 8.00. The highest BCUT2D eigenvalue weighted by molar-refractivity contribution is 8.25. The number of nitrogens with zero attached hydrogens (tertiary/aromatic N) is 6. The predicted octanol–water partition coefficient (Wildman–Crippen LogP) is 3.20. The number of fused-ring (bicyclic) bond motifs is 1. The summed E-state index contributed by atoms with van der Waals surface area (Å²) in [5, 5.41) is 14.3. The third-order valence-corrected chi connectivity index (χ3v) is 5.51. The van der Waals surface area contributed by atoms with Gasteiger partial charge in [-0.15, -0.1) is 0 Å². The van der Waals surface area contributed by atoms with Gasteiger partial charge >= 0.3 is 5.17 Å². The van der Waals surface area contributed by atoms with Crippen LogP contribution in [0.25, 0.3) is 11.3 Å². The van der Waals surface area contributed by atoms with Gasteiger partial charge in [0.2, 0.25) is 0 Å². The molecule has 0 saturated heterocycles. The number of nitrogens with two attached hydrogens (primary N) is 2. The van der Waals surface area contributed by atoms with E-state index in [1.54, 1.807) is 11.6 Å². The third kappa shape index (κ3) is 4.06. The summed E-state index contributed by atoms with van der Waals surface area (Å²) < 4.78 is 5.01. The van der Waals surface area contributed by atoms with E-state index in [0.717, 1.165) is 16.4 Å². The number of quaternary nitrogens is 1. The average Bonchev–Trinajstić information content (AvgIpc) is 3.51. The minimum absolute atomic E-state index is 0.128. The van der Waals surface area contributed by atoms with Gasteiger partial charge in [0.05, 0.1) is 30.6 Å². The zero-order chi connectivity index (χ0) is 22.7. The lowest BCUT2D eigenvalue weighted by Gasteiger charge is -2.24. The molecule has 162 valence electrons. The Kier molecular flexibility index (Phi) is 6.15. The Hall–Kier alpha value is -3.38. The van der Waals surface area contributed by atoms with Gasteiger partial charge in [0.1, 0.15) is 17.3 Å². The van der Waals surface area contributed by atoms with E-state index >= 15 is 0 Å². The molecule has 3 aromatic rings. The number of carbonyl (C=O) groups is 1. The largest absolute Gasteiger partial charge is 0.472 e. The fourth-order valence-corrected chi connectivity index (χ4v) is 4.03. The van der Waals surface area contributed by atoms with Crippen LogP contribution in [0.3, 0.4) is 0 Å². The summed E-state index contributed by atoms with van der Waals surface area (Å²) in [6.07, 6.45) is 5.91. The summed E-state index contributed by atoms with van der Waals surface area (Å²) in [6.45, 7) is 1.88. The molecule has 0 fully saturated rings. The van der Waals surface area contributed by atoms with Crippen molar-refractivity contribution in [1.29, 1.82) is 0 Å². The Balaban J connectivity index is 0.000000158. The van der Waals surface area contributed by atoms with E-state index in [2.05, 4.69) is 25.3 Å². The van der Waals surface area contributed by atoms with Crippen LogP contribution in [0.4, 0.5) is 5.69 Å². The van der Waals surface area contributed by atoms with Crippen molar-refractivity contribution in [3.8, 4) is 11.3 Å². The first-order valence-electron chi connectivity index (χ1n) is 9.34. The second kappa shape index (κ2) is 9.01. The molecule has 4 N–H and O–H groups in total. The molecule has 0 spiro atoms. The lowest BCUT2D eigenvalue weighted by atomic mass is 10.2. The van der Waals surface area contributed by atoms with Crippen LogP contribution in [-0.4, -0.2) is 38.5 Å². The van der Waals surface area contributed by atoms with Gasteiger partial charge in [0.25, 0.3) is 11.7 Å². The maximum absolute atomic E-state index is 10.8. The molecule has 0 radical (unpaired) electrons. The number of amides is 1. The standard InChI is InChI=1S/C11H11ClN5S.C9H7N3O2/c1-7(13)10-15-16-11-17(10,14-6-18-11)9-4-2-3-8(12)5-9;10-9(13)8-4-11-3-7(12-8)6-1-2-14-5-6/h2-7H,13H2,1H3;1-5H,(H2,10,13)/q+1;/t7?,17-;/m1./s1. The molecule has 10 nitrogen and oxygen atoms in total. The number of amidine groups is 2. The molecule has 0 bridgehead atoms. The van der Waals surface area contributed by atoms with E-state index in [4.69, 9.17) is 27.5 Å². The predicted molar refractivity (Wildman–Crippen MR) is 126 cm³/mol. The number of benzene rings is 1. The molecule has 12 heteroatoms. The molecule has 4 heterocycles. The quantitative estimate of drug-likeness (QED) is 0.561. The molecule has 1 aromatic carbocycles. The summed E-state index contributed by atoms with van der Waals surface area (Å²) in [6, 6.07) is 9.02. The Morgan fingerprint density at radius 2 is 2.09 bits per heavy atom. The smallest absolute Gasteiger partial charge is 0.327 e. The molecule has 1 amide bonds. The second-order valence-electron chi connectivity index (χ2n) is 6.75. The topological polar surface area (TPSA) is 145 Å². The molecule has 1 unspecified atom stereocenters. The zero-order valence-electron chi connectivity index (χ0n) is 16.8. The van der Waals surface area contributed by atoms with Crippen molar-refractivity contribution in [2.75, 3.05) is 0 Å². The monoisotopic (exact) mass is 469 g/mol. The fourth-order valence-electron chi connectivity index (χ4n) is 3.08. The van der Waals surface area contributed by atoms with Gasteiger partial charge in [0.15, 0.2) is 5.69 Å². The van der Waals surface area contributed by atoms with Gasteiger partial charge in [0, 0.05) is 34.5 Å². The Bertz CT molecular complexity index is 1240. The van der Waals surface area contributed by atoms with E-state index in [9.17, 15) is 4.79 Å². The van der Waals surface area contributed by atoms with Crippen molar-refractivity contribution in [1.82, 2.24) is 14.6 Å². The number of primary amides is 1. The SMILES string of the molecule is CC(N)C1=NN=C2SC=N[N@@+]21c1cccc(Cl)c1.NC(=O)c1cncc(-c2ccoc2)n1. The molecule has 0 aliphatic carbocycles. The van der Waals surface area contributed by atoms with E-state index < -0.39 is 5.91 Å². The molecule has 2 aliphatic heterocycles. The molecule has 5 rings (SSSR count). The van der Waals surface area contributed by atoms with Crippen LogP contribution in [0, 0.1) is 0 Å². The first-order valence-corrected chi connectivity index (χ1v) is 10.6. The van der Waals surface area contributed by atoms with Crippen molar-refractivity contribution in [3.05, 3.63) is 66.0 Å². The van der Waals surface area contributed by atoms with Crippen LogP contribution < -0.4 is 16.1 Å². The zero-order valence-corrected chi connectivity index (χ0v) is 18.4. The Morgan fingerprint density at radius 1 is 1.25 bits per heavy atom. The number of aromatic nitrogens is 2. The van der Waals surface area contributed by atoms with Crippen molar-refractivity contribution < 1.29 is 9.21 Å². The summed E-state index contributed by atoms with van der Waals surface area (Å²) in [5.41, 5.74) is 15.2. The molecule has 2 aliphatic rings.